The number of nitrogens with one attached hydrogen (secondary N) is 2. The van der Waals surface area contributed by atoms with E-state index < -0.39 is 6.04 Å². The number of fused-ring (bicyclic) bond motifs is 2. The Balaban J connectivity index is 1.55. The zero-order valence-electron chi connectivity index (χ0n) is 16.8. The minimum Gasteiger partial charge on any atom is -0.374 e. The zero-order valence-corrected chi connectivity index (χ0v) is 17.6. The maximum Gasteiger partial charge on any atom is 0.262 e. The van der Waals surface area contributed by atoms with E-state index in [-0.39, 0.29) is 5.91 Å². The van der Waals surface area contributed by atoms with Gasteiger partial charge in [-0.05, 0) is 65.2 Å². The standard InChI is InChI=1S/C25H22ClN3O/c1-16-13-20(26)11-12-24(16)28-17(2)25(30)29-27-15-23-21-9-5-3-7-18(21)14-19-8-4-6-10-22(19)23/h3-15,17,28H,1-2H3,(H,29,30)/t17-/m1/s1. The molecule has 4 nitrogen and oxygen atoms in total. The summed E-state index contributed by atoms with van der Waals surface area (Å²) < 4.78 is 0. The van der Waals surface area contributed by atoms with E-state index in [4.69, 9.17) is 11.6 Å². The van der Waals surface area contributed by atoms with Crippen LogP contribution in [0.2, 0.25) is 5.02 Å². The highest BCUT2D eigenvalue weighted by atomic mass is 35.5. The highest BCUT2D eigenvalue weighted by molar-refractivity contribution is 6.30. The fourth-order valence-corrected chi connectivity index (χ4v) is 3.76. The largest absolute Gasteiger partial charge is 0.374 e. The highest BCUT2D eigenvalue weighted by Gasteiger charge is 2.13. The quantitative estimate of drug-likeness (QED) is 0.242. The Bertz CT molecular complexity index is 1210. The first kappa shape index (κ1) is 19.9. The molecule has 0 saturated heterocycles. The van der Waals surface area contributed by atoms with Crippen LogP contribution in [-0.2, 0) is 4.79 Å². The normalized spacial score (nSPS) is 12.4. The van der Waals surface area contributed by atoms with Crippen LogP contribution in [0.3, 0.4) is 0 Å². The number of aryl methyl sites for hydroxylation is 1. The van der Waals surface area contributed by atoms with Crippen LogP contribution in [0.5, 0.6) is 0 Å². The van der Waals surface area contributed by atoms with Gasteiger partial charge in [0, 0.05) is 16.3 Å². The van der Waals surface area contributed by atoms with E-state index in [0.29, 0.717) is 5.02 Å². The second-order valence-corrected chi connectivity index (χ2v) is 7.73. The van der Waals surface area contributed by atoms with Gasteiger partial charge in [0.1, 0.15) is 6.04 Å². The third kappa shape index (κ3) is 4.14. The van der Waals surface area contributed by atoms with E-state index in [1.54, 1.807) is 19.2 Å². The summed E-state index contributed by atoms with van der Waals surface area (Å²) in [7, 11) is 0. The van der Waals surface area contributed by atoms with E-state index in [9.17, 15) is 4.79 Å². The molecule has 0 bridgehead atoms. The van der Waals surface area contributed by atoms with Gasteiger partial charge in [-0.25, -0.2) is 5.43 Å². The molecule has 5 heteroatoms. The smallest absolute Gasteiger partial charge is 0.262 e. The highest BCUT2D eigenvalue weighted by Crippen LogP contribution is 2.27. The Morgan fingerprint density at radius 1 is 0.967 bits per heavy atom. The molecule has 0 radical (unpaired) electrons. The molecule has 2 N–H and O–H groups in total. The first-order valence-electron chi connectivity index (χ1n) is 9.79. The van der Waals surface area contributed by atoms with Gasteiger partial charge < -0.3 is 5.32 Å². The maximum absolute atomic E-state index is 12.5. The van der Waals surface area contributed by atoms with E-state index in [1.165, 1.54) is 0 Å². The molecule has 0 saturated carbocycles. The number of hydrogen-bond donors (Lipinski definition) is 2. The molecule has 30 heavy (non-hydrogen) atoms. The number of hydrogen-bond acceptors (Lipinski definition) is 3. The van der Waals surface area contributed by atoms with Crippen LogP contribution in [0.4, 0.5) is 5.69 Å². The molecule has 0 aromatic heterocycles. The lowest BCUT2D eigenvalue weighted by Gasteiger charge is -2.15. The molecule has 4 rings (SSSR count). The van der Waals surface area contributed by atoms with Crippen LogP contribution in [0.1, 0.15) is 18.1 Å². The van der Waals surface area contributed by atoms with Gasteiger partial charge in [0.15, 0.2) is 0 Å². The Kier molecular flexibility index (Phi) is 5.68. The van der Waals surface area contributed by atoms with E-state index in [2.05, 4.69) is 46.2 Å². The summed E-state index contributed by atoms with van der Waals surface area (Å²) in [5.74, 6) is -0.217. The number of anilines is 1. The van der Waals surface area contributed by atoms with Crippen molar-refractivity contribution in [3.05, 3.63) is 88.9 Å². The van der Waals surface area contributed by atoms with Crippen LogP contribution >= 0.6 is 11.6 Å². The molecule has 0 heterocycles. The maximum atomic E-state index is 12.5. The molecule has 0 aliphatic heterocycles. The number of hydrazone groups is 1. The molecule has 1 atom stereocenters. The topological polar surface area (TPSA) is 53.5 Å². The monoisotopic (exact) mass is 415 g/mol. The number of rotatable bonds is 5. The van der Waals surface area contributed by atoms with Crippen molar-refractivity contribution in [2.45, 2.75) is 19.9 Å². The Morgan fingerprint density at radius 2 is 1.60 bits per heavy atom. The summed E-state index contributed by atoms with van der Waals surface area (Å²) in [6, 6.07) is 23.6. The van der Waals surface area contributed by atoms with E-state index in [0.717, 1.165) is 38.4 Å². The second-order valence-electron chi connectivity index (χ2n) is 7.29. The van der Waals surface area contributed by atoms with Gasteiger partial charge in [0.25, 0.3) is 5.91 Å². The number of halogens is 1. The van der Waals surface area contributed by atoms with Crippen molar-refractivity contribution >= 4 is 51.0 Å². The Labute approximate surface area is 180 Å². The molecule has 0 aliphatic rings. The second kappa shape index (κ2) is 8.56. The minimum atomic E-state index is -0.453. The fourth-order valence-electron chi connectivity index (χ4n) is 3.53. The van der Waals surface area contributed by atoms with Gasteiger partial charge in [-0.2, -0.15) is 5.10 Å². The predicted octanol–water partition coefficient (Wildman–Crippen LogP) is 5.91. The van der Waals surface area contributed by atoms with Gasteiger partial charge >= 0.3 is 0 Å². The zero-order chi connectivity index (χ0) is 21.1. The third-order valence-corrected chi connectivity index (χ3v) is 5.37. The Morgan fingerprint density at radius 3 is 2.23 bits per heavy atom. The lowest BCUT2D eigenvalue weighted by atomic mass is 9.97. The first-order chi connectivity index (χ1) is 14.5. The Hall–Kier alpha value is -3.37. The fraction of sp³-hybridized carbons (Fsp3) is 0.120. The molecular weight excluding hydrogens is 394 g/mol. The van der Waals surface area contributed by atoms with Crippen molar-refractivity contribution in [3.8, 4) is 0 Å². The number of benzene rings is 4. The molecule has 0 unspecified atom stereocenters. The molecular formula is C25H22ClN3O. The SMILES string of the molecule is Cc1cc(Cl)ccc1N[C@H](C)C(=O)NN=Cc1c2ccccc2cc2ccccc12. The predicted molar refractivity (Wildman–Crippen MR) is 126 cm³/mol. The van der Waals surface area contributed by atoms with Gasteiger partial charge in [-0.15, -0.1) is 0 Å². The number of carbonyl (C=O) groups excluding carboxylic acids is 1. The number of nitrogens with zero attached hydrogens (tertiary/aromatic N) is 1. The minimum absolute atomic E-state index is 0.217. The average Bonchev–Trinajstić information content (AvgIpc) is 2.75. The van der Waals surface area contributed by atoms with Crippen LogP contribution in [-0.4, -0.2) is 18.2 Å². The third-order valence-electron chi connectivity index (χ3n) is 5.14. The summed E-state index contributed by atoms with van der Waals surface area (Å²) in [5.41, 5.74) is 5.48. The molecule has 4 aromatic carbocycles. The lowest BCUT2D eigenvalue weighted by Crippen LogP contribution is -2.35. The number of carbonyl (C=O) groups is 1. The van der Waals surface area contributed by atoms with E-state index >= 15 is 0 Å². The lowest BCUT2D eigenvalue weighted by molar-refractivity contribution is -0.121. The summed E-state index contributed by atoms with van der Waals surface area (Å²) >= 11 is 6.00. The first-order valence-corrected chi connectivity index (χ1v) is 10.2. The summed E-state index contributed by atoms with van der Waals surface area (Å²) in [6.07, 6.45) is 1.73. The van der Waals surface area contributed by atoms with Crippen molar-refractivity contribution in [1.82, 2.24) is 5.43 Å². The van der Waals surface area contributed by atoms with Crippen molar-refractivity contribution in [2.24, 2.45) is 5.10 Å². The van der Waals surface area contributed by atoms with Crippen molar-refractivity contribution < 1.29 is 4.79 Å². The average molecular weight is 416 g/mol. The molecule has 4 aromatic rings. The van der Waals surface area contributed by atoms with Crippen LogP contribution in [0.25, 0.3) is 21.5 Å². The van der Waals surface area contributed by atoms with E-state index in [1.807, 2.05) is 43.3 Å². The molecule has 0 fully saturated rings. The van der Waals surface area contributed by atoms with Crippen molar-refractivity contribution in [1.29, 1.82) is 0 Å². The summed E-state index contributed by atoms with van der Waals surface area (Å²) in [6.45, 7) is 3.74. The van der Waals surface area contributed by atoms with Gasteiger partial charge in [0.2, 0.25) is 0 Å². The molecule has 0 aliphatic carbocycles. The molecule has 1 amide bonds. The number of amides is 1. The summed E-state index contributed by atoms with van der Waals surface area (Å²) in [5, 5.41) is 12.6. The van der Waals surface area contributed by atoms with Gasteiger partial charge in [0.05, 0.1) is 6.21 Å². The summed E-state index contributed by atoms with van der Waals surface area (Å²) in [4.78, 5) is 12.5. The van der Waals surface area contributed by atoms with Crippen LogP contribution < -0.4 is 10.7 Å². The molecule has 0 spiro atoms. The van der Waals surface area contributed by atoms with Crippen molar-refractivity contribution in [3.63, 3.8) is 0 Å². The van der Waals surface area contributed by atoms with Gasteiger partial charge in [-0.3, -0.25) is 4.79 Å². The van der Waals surface area contributed by atoms with Crippen molar-refractivity contribution in [2.75, 3.05) is 5.32 Å². The van der Waals surface area contributed by atoms with Crippen LogP contribution in [0.15, 0.2) is 77.9 Å². The van der Waals surface area contributed by atoms with Gasteiger partial charge in [-0.1, -0.05) is 60.1 Å². The van der Waals surface area contributed by atoms with Crippen LogP contribution in [0, 0.1) is 6.92 Å². The molecule has 150 valence electrons.